The summed E-state index contributed by atoms with van der Waals surface area (Å²) in [7, 11) is -3.07. The highest BCUT2D eigenvalue weighted by Gasteiger charge is 2.43. The second-order valence-electron chi connectivity index (χ2n) is 8.59. The molecule has 2 saturated carbocycles. The molecule has 0 spiro atoms. The molecule has 3 fully saturated rings. The lowest BCUT2D eigenvalue weighted by Crippen LogP contribution is -2.46. The molecule has 1 amide bonds. The number of rotatable bonds is 6. The molecule has 28 heavy (non-hydrogen) atoms. The maximum absolute atomic E-state index is 13.2. The van der Waals surface area contributed by atoms with Gasteiger partial charge in [-0.3, -0.25) is 4.79 Å². The Kier molecular flexibility index (Phi) is 5.73. The lowest BCUT2D eigenvalue weighted by Gasteiger charge is -2.33. The Labute approximate surface area is 172 Å². The van der Waals surface area contributed by atoms with Gasteiger partial charge in [-0.2, -0.15) is 0 Å². The molecule has 4 rings (SSSR count). The van der Waals surface area contributed by atoms with Gasteiger partial charge in [0.15, 0.2) is 0 Å². The van der Waals surface area contributed by atoms with Gasteiger partial charge in [-0.05, 0) is 62.1 Å². The summed E-state index contributed by atoms with van der Waals surface area (Å²) in [4.78, 5) is 13.2. The Balaban J connectivity index is 1.34. The molecule has 154 valence electrons. The lowest BCUT2D eigenvalue weighted by molar-refractivity contribution is -0.126. The zero-order valence-electron chi connectivity index (χ0n) is 16.2. The first-order chi connectivity index (χ1) is 13.4. The second kappa shape index (κ2) is 7.96. The minimum Gasteiger partial charge on any atom is -0.355 e. The van der Waals surface area contributed by atoms with Crippen molar-refractivity contribution in [3.05, 3.63) is 34.9 Å². The Hall–Kier alpha value is -1.11. The third-order valence-electron chi connectivity index (χ3n) is 6.72. The molecule has 0 aromatic heterocycles. The van der Waals surface area contributed by atoms with Crippen LogP contribution in [0.25, 0.3) is 0 Å². The molecule has 1 aromatic carbocycles. The van der Waals surface area contributed by atoms with Crippen LogP contribution in [0.4, 0.5) is 0 Å². The highest BCUT2D eigenvalue weighted by atomic mass is 35.5. The third-order valence-corrected chi connectivity index (χ3v) is 9.37. The molecule has 3 aliphatic rings. The van der Waals surface area contributed by atoms with Gasteiger partial charge in [0, 0.05) is 24.7 Å². The molecule has 0 bridgehead atoms. The Bertz CT molecular complexity index is 807. The minimum absolute atomic E-state index is 0.111. The van der Waals surface area contributed by atoms with Gasteiger partial charge in [0.25, 0.3) is 0 Å². The van der Waals surface area contributed by atoms with E-state index in [1.807, 2.05) is 24.3 Å². The van der Waals surface area contributed by atoms with Crippen LogP contribution < -0.4 is 5.32 Å². The molecular formula is C21H29ClN2O3S. The molecule has 2 aliphatic carbocycles. The predicted octanol–water partition coefficient (Wildman–Crippen LogP) is 3.47. The molecular weight excluding hydrogens is 396 g/mol. The van der Waals surface area contributed by atoms with E-state index >= 15 is 0 Å². The van der Waals surface area contributed by atoms with Crippen LogP contribution in [-0.4, -0.2) is 43.5 Å². The number of piperidine rings is 1. The van der Waals surface area contributed by atoms with Crippen LogP contribution in [0.3, 0.4) is 0 Å². The topological polar surface area (TPSA) is 66.5 Å². The summed E-state index contributed by atoms with van der Waals surface area (Å²) in [6.07, 6.45) is 7.13. The van der Waals surface area contributed by atoms with Crippen LogP contribution in [0.15, 0.2) is 24.3 Å². The zero-order chi connectivity index (χ0) is 19.8. The maximum Gasteiger partial charge on any atom is 0.230 e. The summed E-state index contributed by atoms with van der Waals surface area (Å²) >= 11 is 6.03. The van der Waals surface area contributed by atoms with E-state index in [1.54, 1.807) is 4.31 Å². The van der Waals surface area contributed by atoms with E-state index in [4.69, 9.17) is 11.6 Å². The fourth-order valence-electron chi connectivity index (χ4n) is 4.75. The number of nitrogens with zero attached hydrogens (tertiary/aromatic N) is 1. The molecule has 7 heteroatoms. The summed E-state index contributed by atoms with van der Waals surface area (Å²) in [5.41, 5.74) is 0.609. The molecule has 5 nitrogen and oxygen atoms in total. The normalized spacial score (nSPS) is 23.6. The van der Waals surface area contributed by atoms with Crippen molar-refractivity contribution < 1.29 is 13.2 Å². The number of nitrogens with one attached hydrogen (secondary N) is 1. The van der Waals surface area contributed by atoms with Gasteiger partial charge in [0.2, 0.25) is 15.9 Å². The van der Waals surface area contributed by atoms with Crippen molar-refractivity contribution in [2.24, 2.45) is 5.92 Å². The van der Waals surface area contributed by atoms with Crippen LogP contribution in [-0.2, 0) is 20.2 Å². The van der Waals surface area contributed by atoms with E-state index in [0.29, 0.717) is 30.6 Å². The summed E-state index contributed by atoms with van der Waals surface area (Å²) in [6, 6.07) is 7.68. The van der Waals surface area contributed by atoms with E-state index in [1.165, 1.54) is 0 Å². The number of carbonyl (C=O) groups excluding carboxylic acids is 1. The number of benzene rings is 1. The minimum atomic E-state index is -3.07. The number of amides is 1. The van der Waals surface area contributed by atoms with E-state index in [-0.39, 0.29) is 11.2 Å². The number of carbonyl (C=O) groups is 1. The van der Waals surface area contributed by atoms with Crippen molar-refractivity contribution in [2.75, 3.05) is 19.6 Å². The van der Waals surface area contributed by atoms with E-state index in [0.717, 1.165) is 56.9 Å². The lowest BCUT2D eigenvalue weighted by atomic mass is 9.78. The van der Waals surface area contributed by atoms with E-state index in [2.05, 4.69) is 5.32 Å². The molecule has 0 unspecified atom stereocenters. The highest BCUT2D eigenvalue weighted by molar-refractivity contribution is 7.90. The van der Waals surface area contributed by atoms with Gasteiger partial charge in [-0.1, -0.05) is 36.6 Å². The van der Waals surface area contributed by atoms with Crippen LogP contribution in [0.5, 0.6) is 0 Å². The van der Waals surface area contributed by atoms with Crippen molar-refractivity contribution >= 4 is 27.5 Å². The third kappa shape index (κ3) is 3.96. The molecule has 1 aliphatic heterocycles. The summed E-state index contributed by atoms with van der Waals surface area (Å²) < 4.78 is 26.4. The average molecular weight is 425 g/mol. The van der Waals surface area contributed by atoms with Crippen LogP contribution >= 0.6 is 11.6 Å². The number of halogens is 1. The Morgan fingerprint density at radius 2 is 1.68 bits per heavy atom. The SMILES string of the molecule is O=C(NCC1CCN(S(=O)(=O)C2CC2)CC1)C1(c2ccc(Cl)cc2)CCCC1. The molecule has 1 saturated heterocycles. The predicted molar refractivity (Wildman–Crippen MR) is 111 cm³/mol. The van der Waals surface area contributed by atoms with Crippen molar-refractivity contribution in [3.8, 4) is 0 Å². The van der Waals surface area contributed by atoms with Crippen molar-refractivity contribution in [1.29, 1.82) is 0 Å². The standard InChI is InChI=1S/C21H29ClN2O3S/c22-18-5-3-17(4-6-18)21(11-1-2-12-21)20(25)23-15-16-9-13-24(14-10-16)28(26,27)19-7-8-19/h3-6,16,19H,1-2,7-15H2,(H,23,25). The zero-order valence-corrected chi connectivity index (χ0v) is 17.8. The molecule has 1 heterocycles. The summed E-state index contributed by atoms with van der Waals surface area (Å²) in [6.45, 7) is 1.80. The Morgan fingerprint density at radius 1 is 1.07 bits per heavy atom. The van der Waals surface area contributed by atoms with Crippen molar-refractivity contribution in [1.82, 2.24) is 9.62 Å². The van der Waals surface area contributed by atoms with Gasteiger partial charge in [-0.15, -0.1) is 0 Å². The maximum atomic E-state index is 13.2. The van der Waals surface area contributed by atoms with Gasteiger partial charge < -0.3 is 5.32 Å². The van der Waals surface area contributed by atoms with Crippen LogP contribution in [0, 0.1) is 5.92 Å². The first-order valence-electron chi connectivity index (χ1n) is 10.5. The largest absolute Gasteiger partial charge is 0.355 e. The van der Waals surface area contributed by atoms with Gasteiger partial charge in [0.05, 0.1) is 10.7 Å². The quantitative estimate of drug-likeness (QED) is 0.760. The van der Waals surface area contributed by atoms with Crippen molar-refractivity contribution in [3.63, 3.8) is 0 Å². The number of hydrogen-bond donors (Lipinski definition) is 1. The van der Waals surface area contributed by atoms with Gasteiger partial charge >= 0.3 is 0 Å². The van der Waals surface area contributed by atoms with Crippen LogP contribution in [0.1, 0.15) is 56.9 Å². The highest BCUT2D eigenvalue weighted by Crippen LogP contribution is 2.42. The second-order valence-corrected chi connectivity index (χ2v) is 11.2. The fourth-order valence-corrected chi connectivity index (χ4v) is 6.74. The number of sulfonamides is 1. The van der Waals surface area contributed by atoms with Crippen LogP contribution in [0.2, 0.25) is 5.02 Å². The molecule has 1 N–H and O–H groups in total. The monoisotopic (exact) mass is 424 g/mol. The number of hydrogen-bond acceptors (Lipinski definition) is 3. The smallest absolute Gasteiger partial charge is 0.230 e. The molecule has 0 atom stereocenters. The van der Waals surface area contributed by atoms with Gasteiger partial charge in [0.1, 0.15) is 0 Å². The average Bonchev–Trinajstić information content (AvgIpc) is 3.45. The fraction of sp³-hybridized carbons (Fsp3) is 0.667. The first kappa shape index (κ1) is 20.2. The first-order valence-corrected chi connectivity index (χ1v) is 12.3. The van der Waals surface area contributed by atoms with Gasteiger partial charge in [-0.25, -0.2) is 12.7 Å². The van der Waals surface area contributed by atoms with E-state index in [9.17, 15) is 13.2 Å². The molecule has 1 aromatic rings. The Morgan fingerprint density at radius 3 is 2.25 bits per heavy atom. The summed E-state index contributed by atoms with van der Waals surface area (Å²) in [5, 5.41) is 3.75. The summed E-state index contributed by atoms with van der Waals surface area (Å²) in [5.74, 6) is 0.457. The van der Waals surface area contributed by atoms with Crippen molar-refractivity contribution in [2.45, 2.75) is 62.0 Å². The molecule has 0 radical (unpaired) electrons. The van der Waals surface area contributed by atoms with E-state index < -0.39 is 15.4 Å².